The standard InChI is InChI=1S/C14H22N2OS/c1-10-9-18-8-7-16(10)12-5-4-6-13(17-3)14(12)11(2)15/h4-6,10-11H,7-9,15H2,1-3H3. The molecule has 0 bridgehead atoms. The Kier molecular flexibility index (Phi) is 4.40. The molecule has 2 unspecified atom stereocenters. The van der Waals surface area contributed by atoms with Crippen LogP contribution in [0.2, 0.25) is 0 Å². The van der Waals surface area contributed by atoms with Gasteiger partial charge in [-0.3, -0.25) is 0 Å². The van der Waals surface area contributed by atoms with Crippen LogP contribution in [0.25, 0.3) is 0 Å². The van der Waals surface area contributed by atoms with E-state index in [9.17, 15) is 0 Å². The molecule has 0 amide bonds. The van der Waals surface area contributed by atoms with Crippen LogP contribution in [0.5, 0.6) is 5.75 Å². The number of ether oxygens (including phenoxy) is 1. The van der Waals surface area contributed by atoms with Gasteiger partial charge in [0.25, 0.3) is 0 Å². The number of thioether (sulfide) groups is 1. The van der Waals surface area contributed by atoms with Gasteiger partial charge in [0.1, 0.15) is 5.75 Å². The minimum atomic E-state index is -0.0158. The molecule has 0 aliphatic carbocycles. The van der Waals surface area contributed by atoms with Crippen LogP contribution in [0.15, 0.2) is 18.2 Å². The third kappa shape index (κ3) is 2.59. The Bertz CT molecular complexity index is 409. The first-order chi connectivity index (χ1) is 8.65. The summed E-state index contributed by atoms with van der Waals surface area (Å²) in [7, 11) is 1.71. The van der Waals surface area contributed by atoms with Crippen molar-refractivity contribution in [2.45, 2.75) is 25.9 Å². The second-order valence-electron chi connectivity index (χ2n) is 4.80. The third-order valence-corrected chi connectivity index (χ3v) is 4.58. The van der Waals surface area contributed by atoms with Crippen LogP contribution in [0.4, 0.5) is 5.69 Å². The molecule has 1 aliphatic heterocycles. The van der Waals surface area contributed by atoms with Gasteiger partial charge in [0.2, 0.25) is 0 Å². The van der Waals surface area contributed by atoms with Crippen molar-refractivity contribution in [1.82, 2.24) is 0 Å². The molecule has 0 spiro atoms. The molecule has 3 nitrogen and oxygen atoms in total. The molecular formula is C14H22N2OS. The largest absolute Gasteiger partial charge is 0.496 e. The maximum atomic E-state index is 6.13. The van der Waals surface area contributed by atoms with Gasteiger partial charge in [-0.1, -0.05) is 6.07 Å². The predicted molar refractivity (Wildman–Crippen MR) is 79.7 cm³/mol. The molecule has 100 valence electrons. The molecule has 2 rings (SSSR count). The van der Waals surface area contributed by atoms with E-state index in [1.54, 1.807) is 7.11 Å². The van der Waals surface area contributed by atoms with Crippen molar-refractivity contribution in [2.24, 2.45) is 5.73 Å². The smallest absolute Gasteiger partial charge is 0.125 e. The Morgan fingerprint density at radius 2 is 2.28 bits per heavy atom. The number of rotatable bonds is 3. The quantitative estimate of drug-likeness (QED) is 0.913. The zero-order valence-corrected chi connectivity index (χ0v) is 12.2. The lowest BCUT2D eigenvalue weighted by Crippen LogP contribution is -2.41. The SMILES string of the molecule is COc1cccc(N2CCSCC2C)c1C(C)N. The molecule has 1 fully saturated rings. The van der Waals surface area contributed by atoms with E-state index in [2.05, 4.69) is 24.0 Å². The Balaban J connectivity index is 2.42. The molecule has 1 heterocycles. The molecule has 4 heteroatoms. The number of hydrogen-bond acceptors (Lipinski definition) is 4. The highest BCUT2D eigenvalue weighted by atomic mass is 32.2. The lowest BCUT2D eigenvalue weighted by molar-refractivity contribution is 0.406. The average Bonchev–Trinajstić information content (AvgIpc) is 2.38. The summed E-state index contributed by atoms with van der Waals surface area (Å²) in [4.78, 5) is 2.46. The Labute approximate surface area is 114 Å². The summed E-state index contributed by atoms with van der Waals surface area (Å²) in [6, 6.07) is 6.74. The Morgan fingerprint density at radius 3 is 2.89 bits per heavy atom. The summed E-state index contributed by atoms with van der Waals surface area (Å²) in [5.74, 6) is 3.25. The van der Waals surface area contributed by atoms with Crippen LogP contribution in [-0.2, 0) is 0 Å². The van der Waals surface area contributed by atoms with Gasteiger partial charge in [0, 0.05) is 41.4 Å². The first-order valence-electron chi connectivity index (χ1n) is 6.42. The monoisotopic (exact) mass is 266 g/mol. The molecule has 2 N–H and O–H groups in total. The molecule has 1 aromatic carbocycles. The Hall–Kier alpha value is -0.870. The van der Waals surface area contributed by atoms with Crippen LogP contribution in [0.3, 0.4) is 0 Å². The van der Waals surface area contributed by atoms with E-state index >= 15 is 0 Å². The summed E-state index contributed by atoms with van der Waals surface area (Å²) in [5.41, 5.74) is 8.49. The molecule has 18 heavy (non-hydrogen) atoms. The van der Waals surface area contributed by atoms with Crippen molar-refractivity contribution in [2.75, 3.05) is 30.1 Å². The zero-order valence-electron chi connectivity index (χ0n) is 11.3. The fraction of sp³-hybridized carbons (Fsp3) is 0.571. The zero-order chi connectivity index (χ0) is 13.1. The van der Waals surface area contributed by atoms with Crippen LogP contribution < -0.4 is 15.4 Å². The number of nitrogens with two attached hydrogens (primary N) is 1. The summed E-state index contributed by atoms with van der Waals surface area (Å²) in [6.45, 7) is 5.38. The highest BCUT2D eigenvalue weighted by Gasteiger charge is 2.24. The van der Waals surface area contributed by atoms with Crippen LogP contribution in [-0.4, -0.2) is 31.2 Å². The molecule has 1 aliphatic rings. The topological polar surface area (TPSA) is 38.5 Å². The van der Waals surface area contributed by atoms with Crippen LogP contribution >= 0.6 is 11.8 Å². The number of anilines is 1. The van der Waals surface area contributed by atoms with Crippen molar-refractivity contribution in [3.63, 3.8) is 0 Å². The first kappa shape index (κ1) is 13.6. The molecule has 0 aromatic heterocycles. The van der Waals surface area contributed by atoms with Crippen LogP contribution in [0, 0.1) is 0 Å². The van der Waals surface area contributed by atoms with Crippen molar-refractivity contribution in [3.8, 4) is 5.75 Å². The number of hydrogen-bond donors (Lipinski definition) is 1. The minimum Gasteiger partial charge on any atom is -0.496 e. The van der Waals surface area contributed by atoms with E-state index in [0.717, 1.165) is 17.9 Å². The van der Waals surface area contributed by atoms with E-state index in [0.29, 0.717) is 6.04 Å². The van der Waals surface area contributed by atoms with Gasteiger partial charge in [-0.25, -0.2) is 0 Å². The van der Waals surface area contributed by atoms with Crippen molar-refractivity contribution in [1.29, 1.82) is 0 Å². The highest BCUT2D eigenvalue weighted by Crippen LogP contribution is 2.36. The molecule has 0 radical (unpaired) electrons. The van der Waals surface area contributed by atoms with Crippen molar-refractivity contribution in [3.05, 3.63) is 23.8 Å². The average molecular weight is 266 g/mol. The van der Waals surface area contributed by atoms with Crippen molar-refractivity contribution < 1.29 is 4.74 Å². The summed E-state index contributed by atoms with van der Waals surface area (Å²) < 4.78 is 5.46. The van der Waals surface area contributed by atoms with Gasteiger partial charge in [0.15, 0.2) is 0 Å². The highest BCUT2D eigenvalue weighted by molar-refractivity contribution is 7.99. The second-order valence-corrected chi connectivity index (χ2v) is 5.95. The second kappa shape index (κ2) is 5.85. The van der Waals surface area contributed by atoms with Gasteiger partial charge < -0.3 is 15.4 Å². The molecule has 1 aromatic rings. The van der Waals surface area contributed by atoms with Gasteiger partial charge in [-0.15, -0.1) is 0 Å². The number of benzene rings is 1. The van der Waals surface area contributed by atoms with E-state index in [-0.39, 0.29) is 6.04 Å². The normalized spacial score (nSPS) is 21.8. The predicted octanol–water partition coefficient (Wildman–Crippen LogP) is 2.66. The first-order valence-corrected chi connectivity index (χ1v) is 7.57. The van der Waals surface area contributed by atoms with Gasteiger partial charge in [0.05, 0.1) is 7.11 Å². The van der Waals surface area contributed by atoms with E-state index in [4.69, 9.17) is 10.5 Å². The molecular weight excluding hydrogens is 244 g/mol. The van der Waals surface area contributed by atoms with Gasteiger partial charge in [-0.05, 0) is 26.0 Å². The van der Waals surface area contributed by atoms with E-state index in [1.807, 2.05) is 24.8 Å². The Morgan fingerprint density at radius 1 is 1.50 bits per heavy atom. The number of nitrogens with zero attached hydrogens (tertiary/aromatic N) is 1. The fourth-order valence-corrected chi connectivity index (χ4v) is 3.52. The molecule has 2 atom stereocenters. The lowest BCUT2D eigenvalue weighted by Gasteiger charge is -2.37. The van der Waals surface area contributed by atoms with Crippen molar-refractivity contribution >= 4 is 17.4 Å². The van der Waals surface area contributed by atoms with Gasteiger partial charge in [-0.2, -0.15) is 11.8 Å². The summed E-state index contributed by atoms with van der Waals surface area (Å²) in [5, 5.41) is 0. The maximum absolute atomic E-state index is 6.13. The molecule has 0 saturated carbocycles. The van der Waals surface area contributed by atoms with E-state index in [1.165, 1.54) is 17.2 Å². The number of methoxy groups -OCH3 is 1. The summed E-state index contributed by atoms with van der Waals surface area (Å²) in [6.07, 6.45) is 0. The lowest BCUT2D eigenvalue weighted by atomic mass is 10.0. The molecule has 1 saturated heterocycles. The van der Waals surface area contributed by atoms with E-state index < -0.39 is 0 Å². The minimum absolute atomic E-state index is 0.0158. The summed E-state index contributed by atoms with van der Waals surface area (Å²) >= 11 is 2.02. The van der Waals surface area contributed by atoms with Crippen LogP contribution in [0.1, 0.15) is 25.5 Å². The fourth-order valence-electron chi connectivity index (χ4n) is 2.50. The van der Waals surface area contributed by atoms with Gasteiger partial charge >= 0.3 is 0 Å². The maximum Gasteiger partial charge on any atom is 0.125 e. The third-order valence-electron chi connectivity index (χ3n) is 3.40.